The Kier molecular flexibility index (Phi) is 6.33. The van der Waals surface area contributed by atoms with E-state index in [1.165, 1.54) is 18.3 Å². The minimum Gasteiger partial charge on any atom is -0.507 e. The van der Waals surface area contributed by atoms with Crippen LogP contribution in [-0.4, -0.2) is 40.1 Å². The molecular weight excluding hydrogens is 360 g/mol. The molecule has 0 aliphatic carbocycles. The largest absolute Gasteiger partial charge is 0.507 e. The Balaban J connectivity index is 1.45. The summed E-state index contributed by atoms with van der Waals surface area (Å²) < 4.78 is 0. The standard InChI is InChI=1S/C20H22N4O4/c25-19-4-2-1-3-17(19)13-21-22-20(26)16-9-11-23(12-10-16)14-15-5-7-18(8-6-15)24(27)28/h1-8,13,16,25H,9-12,14H2,(H,22,26). The number of hydrazone groups is 1. The highest BCUT2D eigenvalue weighted by molar-refractivity contribution is 5.85. The van der Waals surface area contributed by atoms with Gasteiger partial charge in [0.05, 0.1) is 11.1 Å². The third kappa shape index (κ3) is 5.14. The van der Waals surface area contributed by atoms with Crippen LogP contribution in [0.5, 0.6) is 5.75 Å². The summed E-state index contributed by atoms with van der Waals surface area (Å²) >= 11 is 0. The zero-order valence-electron chi connectivity index (χ0n) is 15.3. The monoisotopic (exact) mass is 382 g/mol. The molecule has 0 spiro atoms. The molecule has 0 radical (unpaired) electrons. The third-order valence-electron chi connectivity index (χ3n) is 4.83. The number of carbonyl (C=O) groups excluding carboxylic acids is 1. The summed E-state index contributed by atoms with van der Waals surface area (Å²) in [6.07, 6.45) is 2.88. The number of carbonyl (C=O) groups is 1. The van der Waals surface area contributed by atoms with Gasteiger partial charge in [0.2, 0.25) is 5.91 Å². The number of likely N-dealkylation sites (tertiary alicyclic amines) is 1. The van der Waals surface area contributed by atoms with Crippen molar-refractivity contribution >= 4 is 17.8 Å². The van der Waals surface area contributed by atoms with Crippen LogP contribution in [0.25, 0.3) is 0 Å². The Morgan fingerprint density at radius 1 is 1.21 bits per heavy atom. The minimum atomic E-state index is -0.407. The molecule has 1 aliphatic heterocycles. The molecule has 0 bridgehead atoms. The van der Waals surface area contributed by atoms with Crippen LogP contribution in [0.15, 0.2) is 53.6 Å². The van der Waals surface area contributed by atoms with Crippen molar-refractivity contribution in [1.29, 1.82) is 0 Å². The zero-order valence-corrected chi connectivity index (χ0v) is 15.3. The number of rotatable bonds is 6. The average Bonchev–Trinajstić information content (AvgIpc) is 2.70. The number of phenolic OH excluding ortho intramolecular Hbond substituents is 1. The van der Waals surface area contributed by atoms with Crippen LogP contribution in [0, 0.1) is 16.0 Å². The maximum atomic E-state index is 12.3. The second-order valence-corrected chi connectivity index (χ2v) is 6.77. The Morgan fingerprint density at radius 2 is 1.89 bits per heavy atom. The summed E-state index contributed by atoms with van der Waals surface area (Å²) in [5.74, 6) is -0.115. The van der Waals surface area contributed by atoms with Gasteiger partial charge in [0.1, 0.15) is 5.75 Å². The molecule has 3 rings (SSSR count). The molecular formula is C20H22N4O4. The van der Waals surface area contributed by atoms with Gasteiger partial charge in [-0.1, -0.05) is 24.3 Å². The lowest BCUT2D eigenvalue weighted by molar-refractivity contribution is -0.384. The molecule has 1 aliphatic rings. The van der Waals surface area contributed by atoms with Gasteiger partial charge in [0, 0.05) is 30.2 Å². The molecule has 1 heterocycles. The van der Waals surface area contributed by atoms with Crippen molar-refractivity contribution in [3.63, 3.8) is 0 Å². The molecule has 1 fully saturated rings. The lowest BCUT2D eigenvalue weighted by Gasteiger charge is -2.30. The number of hydrogen-bond acceptors (Lipinski definition) is 6. The number of hydrogen-bond donors (Lipinski definition) is 2. The van der Waals surface area contributed by atoms with E-state index < -0.39 is 4.92 Å². The predicted molar refractivity (Wildman–Crippen MR) is 105 cm³/mol. The summed E-state index contributed by atoms with van der Waals surface area (Å²) in [5.41, 5.74) is 4.19. The predicted octanol–water partition coefficient (Wildman–Crippen LogP) is 2.66. The molecule has 0 aromatic heterocycles. The van der Waals surface area contributed by atoms with Crippen LogP contribution in [0.2, 0.25) is 0 Å². The first-order valence-electron chi connectivity index (χ1n) is 9.09. The molecule has 0 unspecified atom stereocenters. The number of para-hydroxylation sites is 1. The fourth-order valence-electron chi connectivity index (χ4n) is 3.19. The quantitative estimate of drug-likeness (QED) is 0.454. The van der Waals surface area contributed by atoms with Crippen molar-refractivity contribution in [1.82, 2.24) is 10.3 Å². The summed E-state index contributed by atoms with van der Waals surface area (Å²) in [7, 11) is 0. The number of phenols is 1. The molecule has 2 aromatic rings. The number of benzene rings is 2. The van der Waals surface area contributed by atoms with Crippen molar-refractivity contribution in [2.75, 3.05) is 13.1 Å². The topological polar surface area (TPSA) is 108 Å². The van der Waals surface area contributed by atoms with Crippen molar-refractivity contribution in [2.24, 2.45) is 11.0 Å². The van der Waals surface area contributed by atoms with Gasteiger partial charge in [-0.15, -0.1) is 0 Å². The fourth-order valence-corrected chi connectivity index (χ4v) is 3.19. The van der Waals surface area contributed by atoms with E-state index >= 15 is 0 Å². The van der Waals surface area contributed by atoms with E-state index in [0.717, 1.165) is 31.5 Å². The number of nitro benzene ring substituents is 1. The van der Waals surface area contributed by atoms with E-state index in [-0.39, 0.29) is 23.3 Å². The number of amides is 1. The molecule has 8 heteroatoms. The number of non-ortho nitro benzene ring substituents is 1. The Hall–Kier alpha value is -3.26. The molecule has 28 heavy (non-hydrogen) atoms. The maximum absolute atomic E-state index is 12.3. The maximum Gasteiger partial charge on any atom is 0.269 e. The van der Waals surface area contributed by atoms with E-state index in [0.29, 0.717) is 12.1 Å². The fraction of sp³-hybridized carbons (Fsp3) is 0.300. The van der Waals surface area contributed by atoms with Crippen LogP contribution in [0.3, 0.4) is 0 Å². The van der Waals surface area contributed by atoms with Crippen LogP contribution in [0.1, 0.15) is 24.0 Å². The molecule has 146 valence electrons. The number of nitrogens with one attached hydrogen (secondary N) is 1. The van der Waals surface area contributed by atoms with Gasteiger partial charge in [0.25, 0.3) is 5.69 Å². The summed E-state index contributed by atoms with van der Waals surface area (Å²) in [6, 6.07) is 13.3. The average molecular weight is 382 g/mol. The third-order valence-corrected chi connectivity index (χ3v) is 4.83. The smallest absolute Gasteiger partial charge is 0.269 e. The highest BCUT2D eigenvalue weighted by Crippen LogP contribution is 2.20. The van der Waals surface area contributed by atoms with Gasteiger partial charge in [-0.25, -0.2) is 5.43 Å². The van der Waals surface area contributed by atoms with Gasteiger partial charge in [0.15, 0.2) is 0 Å². The van der Waals surface area contributed by atoms with Crippen LogP contribution >= 0.6 is 0 Å². The Labute approximate surface area is 162 Å². The molecule has 1 amide bonds. The molecule has 2 aromatic carbocycles. The number of aromatic hydroxyl groups is 1. The molecule has 0 atom stereocenters. The van der Waals surface area contributed by atoms with Crippen molar-refractivity contribution in [2.45, 2.75) is 19.4 Å². The van der Waals surface area contributed by atoms with Gasteiger partial charge >= 0.3 is 0 Å². The first-order valence-corrected chi connectivity index (χ1v) is 9.09. The number of nitro groups is 1. The summed E-state index contributed by atoms with van der Waals surface area (Å²) in [5, 5.41) is 24.3. The van der Waals surface area contributed by atoms with E-state index in [1.807, 2.05) is 0 Å². The molecule has 8 nitrogen and oxygen atoms in total. The van der Waals surface area contributed by atoms with E-state index in [9.17, 15) is 20.0 Å². The first-order chi connectivity index (χ1) is 13.5. The summed E-state index contributed by atoms with van der Waals surface area (Å²) in [4.78, 5) is 24.8. The second kappa shape index (κ2) is 9.09. The zero-order chi connectivity index (χ0) is 19.9. The van der Waals surface area contributed by atoms with E-state index in [2.05, 4.69) is 15.4 Å². The SMILES string of the molecule is O=C(NN=Cc1ccccc1O)C1CCN(Cc2ccc([N+](=O)[O-])cc2)CC1. The second-order valence-electron chi connectivity index (χ2n) is 6.77. The molecule has 0 saturated carbocycles. The number of piperidine rings is 1. The highest BCUT2D eigenvalue weighted by atomic mass is 16.6. The first kappa shape index (κ1) is 19.5. The van der Waals surface area contributed by atoms with Gasteiger partial charge in [-0.2, -0.15) is 5.10 Å². The van der Waals surface area contributed by atoms with Crippen LogP contribution < -0.4 is 5.43 Å². The molecule has 2 N–H and O–H groups in total. The summed E-state index contributed by atoms with van der Waals surface area (Å²) in [6.45, 7) is 2.26. The minimum absolute atomic E-state index is 0.0866. The van der Waals surface area contributed by atoms with Gasteiger partial charge in [-0.05, 0) is 43.6 Å². The van der Waals surface area contributed by atoms with Crippen LogP contribution in [0.4, 0.5) is 5.69 Å². The Bertz CT molecular complexity index is 859. The Morgan fingerprint density at radius 3 is 2.54 bits per heavy atom. The van der Waals surface area contributed by atoms with E-state index in [4.69, 9.17) is 0 Å². The van der Waals surface area contributed by atoms with E-state index in [1.54, 1.807) is 36.4 Å². The number of nitrogens with zero attached hydrogens (tertiary/aromatic N) is 3. The lowest BCUT2D eigenvalue weighted by atomic mass is 9.96. The van der Waals surface area contributed by atoms with Crippen LogP contribution in [-0.2, 0) is 11.3 Å². The van der Waals surface area contributed by atoms with Crippen molar-refractivity contribution in [3.8, 4) is 5.75 Å². The normalized spacial score (nSPS) is 15.6. The van der Waals surface area contributed by atoms with Gasteiger partial charge < -0.3 is 5.11 Å². The van der Waals surface area contributed by atoms with Gasteiger partial charge in [-0.3, -0.25) is 19.8 Å². The lowest BCUT2D eigenvalue weighted by Crippen LogP contribution is -2.39. The van der Waals surface area contributed by atoms with Crippen molar-refractivity contribution in [3.05, 3.63) is 69.8 Å². The molecule has 1 saturated heterocycles. The van der Waals surface area contributed by atoms with Crippen molar-refractivity contribution < 1.29 is 14.8 Å². The highest BCUT2D eigenvalue weighted by Gasteiger charge is 2.24.